The van der Waals surface area contributed by atoms with E-state index in [1.807, 2.05) is 49.3 Å². The van der Waals surface area contributed by atoms with Gasteiger partial charge in [-0.25, -0.2) is 13.5 Å². The summed E-state index contributed by atoms with van der Waals surface area (Å²) < 4.78 is 19.9. The summed E-state index contributed by atoms with van der Waals surface area (Å²) >= 11 is 0. The highest BCUT2D eigenvalue weighted by molar-refractivity contribution is 7.84. The minimum absolute atomic E-state index is 0.0856. The fourth-order valence-corrected chi connectivity index (χ4v) is 5.53. The maximum atomic E-state index is 13.5. The van der Waals surface area contributed by atoms with Crippen LogP contribution in [0.25, 0.3) is 11.3 Å². The van der Waals surface area contributed by atoms with E-state index in [2.05, 4.69) is 17.2 Å². The van der Waals surface area contributed by atoms with Gasteiger partial charge in [0.2, 0.25) is 0 Å². The molecule has 0 radical (unpaired) electrons. The van der Waals surface area contributed by atoms with Gasteiger partial charge in [-0.2, -0.15) is 0 Å². The van der Waals surface area contributed by atoms with Crippen molar-refractivity contribution in [1.82, 2.24) is 14.6 Å². The van der Waals surface area contributed by atoms with E-state index in [9.17, 15) is 19.2 Å². The largest absolute Gasteiger partial charge is 0.396 e. The van der Waals surface area contributed by atoms with Crippen LogP contribution >= 0.6 is 0 Å². The zero-order chi connectivity index (χ0) is 27.4. The van der Waals surface area contributed by atoms with Gasteiger partial charge >= 0.3 is 0 Å². The quantitative estimate of drug-likeness (QED) is 0.360. The van der Waals surface area contributed by atoms with E-state index in [4.69, 9.17) is 9.72 Å². The molecule has 0 spiro atoms. The minimum Gasteiger partial charge on any atom is -0.396 e. The number of nitrogens with one attached hydrogen (secondary N) is 1. The number of hydrogen-bond acceptors (Lipinski definition) is 6. The summed E-state index contributed by atoms with van der Waals surface area (Å²) in [4.78, 5) is 17.7. The number of ether oxygens (including phenoxy) is 1. The highest BCUT2D eigenvalue weighted by atomic mass is 32.2. The van der Waals surface area contributed by atoms with Crippen molar-refractivity contribution in [2.24, 2.45) is 0 Å². The fraction of sp³-hybridized carbons (Fsp3) is 0.500. The van der Waals surface area contributed by atoms with E-state index in [0.29, 0.717) is 37.4 Å². The van der Waals surface area contributed by atoms with E-state index >= 15 is 0 Å². The first kappa shape index (κ1) is 29.0. The number of pyridine rings is 1. The molecule has 1 aliphatic heterocycles. The van der Waals surface area contributed by atoms with Crippen molar-refractivity contribution in [3.63, 3.8) is 0 Å². The Kier molecular flexibility index (Phi) is 9.27. The number of carbonyl (C=O) groups is 1. The topological polar surface area (TPSA) is 112 Å². The Bertz CT molecular complexity index is 1220. The summed E-state index contributed by atoms with van der Waals surface area (Å²) in [5.74, 6) is 5.49. The van der Waals surface area contributed by atoms with Crippen molar-refractivity contribution < 1.29 is 24.0 Å². The number of rotatable bonds is 8. The Morgan fingerprint density at radius 2 is 2.00 bits per heavy atom. The zero-order valence-electron chi connectivity index (χ0n) is 22.4. The van der Waals surface area contributed by atoms with Crippen molar-refractivity contribution >= 4 is 16.9 Å². The van der Waals surface area contributed by atoms with E-state index in [-0.39, 0.29) is 24.2 Å². The second-order valence-corrected chi connectivity index (χ2v) is 12.7. The van der Waals surface area contributed by atoms with Gasteiger partial charge in [0, 0.05) is 43.5 Å². The van der Waals surface area contributed by atoms with Gasteiger partial charge in [0.1, 0.15) is 22.3 Å². The number of carbonyl (C=O) groups excluding carboxylic acids is 1. The summed E-state index contributed by atoms with van der Waals surface area (Å²) in [5.41, 5.74) is 2.85. The third kappa shape index (κ3) is 7.24. The van der Waals surface area contributed by atoms with Crippen LogP contribution in [0.2, 0.25) is 0 Å². The highest BCUT2D eigenvalue weighted by Crippen LogP contribution is 2.44. The summed E-state index contributed by atoms with van der Waals surface area (Å²) in [6.45, 7) is 10.00. The second kappa shape index (κ2) is 11.8. The Balaban J connectivity index is 2.18. The highest BCUT2D eigenvalue weighted by Gasteiger charge is 2.40. The summed E-state index contributed by atoms with van der Waals surface area (Å²) in [6, 6.07) is 8.87. The molecule has 0 saturated carbocycles. The molecule has 3 N–H and O–H groups in total. The Labute approximate surface area is 222 Å². The second-order valence-electron chi connectivity index (χ2n) is 10.5. The van der Waals surface area contributed by atoms with Gasteiger partial charge in [0.05, 0.1) is 23.1 Å². The van der Waals surface area contributed by atoms with Gasteiger partial charge in [-0.3, -0.25) is 4.79 Å². The normalized spacial score (nSPS) is 16.6. The summed E-state index contributed by atoms with van der Waals surface area (Å²) in [5, 5.41) is 22.7. The molecule has 0 aliphatic carbocycles. The van der Waals surface area contributed by atoms with Gasteiger partial charge in [-0.1, -0.05) is 24.0 Å². The number of hydrogen-bond donors (Lipinski definition) is 3. The molecule has 0 fully saturated rings. The molecule has 2 aromatic rings. The van der Waals surface area contributed by atoms with Crippen LogP contribution in [0.1, 0.15) is 74.3 Å². The molecular formula is C28H37N3O5S. The van der Waals surface area contributed by atoms with Crippen LogP contribution in [0.15, 0.2) is 30.3 Å². The van der Waals surface area contributed by atoms with E-state index in [0.717, 1.165) is 16.7 Å². The number of methoxy groups -OCH3 is 1. The molecule has 1 aromatic heterocycles. The molecular weight excluding hydrogens is 490 g/mol. The SMILES string of the molecule is COCCNC(=O)c1cc2c(c(-c3cccc(C#CC(C)(C)O)c3)n1)[C@@H](CCO)N([S@](=O)C(C)(C)C)C2. The molecule has 0 saturated heterocycles. The molecule has 2 atom stereocenters. The third-order valence-corrected chi connectivity index (χ3v) is 7.62. The van der Waals surface area contributed by atoms with E-state index in [1.54, 1.807) is 27.0 Å². The van der Waals surface area contributed by atoms with E-state index < -0.39 is 21.3 Å². The average Bonchev–Trinajstić information content (AvgIpc) is 3.19. The molecule has 0 bridgehead atoms. The van der Waals surface area contributed by atoms with Crippen LogP contribution in [-0.2, 0) is 22.3 Å². The standard InChI is InChI=1S/C28H37N3O5S/c1-27(2,3)37(35)31-18-21-17-22(26(33)29-13-15-36-6)30-25(24(21)23(31)11-14-32)20-9-7-8-19(16-20)10-12-28(4,5)34/h7-9,16-17,23,32,34H,11,13-15,18H2,1-6H3,(H,29,33)/t23-,37-/m1/s1. The first-order valence-corrected chi connectivity index (χ1v) is 13.4. The summed E-state index contributed by atoms with van der Waals surface area (Å²) in [7, 11) is 0.218. The number of amides is 1. The molecule has 1 aliphatic rings. The third-order valence-electron chi connectivity index (χ3n) is 5.76. The predicted molar refractivity (Wildman–Crippen MR) is 145 cm³/mol. The van der Waals surface area contributed by atoms with Crippen LogP contribution < -0.4 is 5.32 Å². The Morgan fingerprint density at radius 3 is 2.62 bits per heavy atom. The van der Waals surface area contributed by atoms with Crippen molar-refractivity contribution in [2.75, 3.05) is 26.9 Å². The monoisotopic (exact) mass is 527 g/mol. The van der Waals surface area contributed by atoms with Crippen LogP contribution in [0.5, 0.6) is 0 Å². The number of aromatic nitrogens is 1. The van der Waals surface area contributed by atoms with E-state index in [1.165, 1.54) is 0 Å². The lowest BCUT2D eigenvalue weighted by Crippen LogP contribution is -2.36. The Morgan fingerprint density at radius 1 is 1.27 bits per heavy atom. The Hall–Kier alpha value is -2.61. The van der Waals surface area contributed by atoms with Crippen molar-refractivity contribution in [2.45, 2.75) is 64.0 Å². The van der Waals surface area contributed by atoms with Gasteiger partial charge in [-0.05, 0) is 64.8 Å². The van der Waals surface area contributed by atoms with Crippen LogP contribution in [0.4, 0.5) is 0 Å². The number of aliphatic hydroxyl groups is 2. The lowest BCUT2D eigenvalue weighted by Gasteiger charge is -2.30. The van der Waals surface area contributed by atoms with Gasteiger partial charge in [0.25, 0.3) is 5.91 Å². The first-order valence-electron chi connectivity index (χ1n) is 12.3. The maximum Gasteiger partial charge on any atom is 0.269 e. The molecule has 1 aromatic carbocycles. The van der Waals surface area contributed by atoms with Gasteiger partial charge < -0.3 is 20.3 Å². The van der Waals surface area contributed by atoms with Gasteiger partial charge in [-0.15, -0.1) is 0 Å². The number of nitrogens with zero attached hydrogens (tertiary/aromatic N) is 2. The molecule has 1 amide bonds. The first-order chi connectivity index (χ1) is 17.4. The molecule has 9 heteroatoms. The molecule has 2 heterocycles. The van der Waals surface area contributed by atoms with Crippen molar-refractivity contribution in [3.05, 3.63) is 52.7 Å². The zero-order valence-corrected chi connectivity index (χ0v) is 23.2. The minimum atomic E-state index is -1.35. The van der Waals surface area contributed by atoms with Crippen molar-refractivity contribution in [1.29, 1.82) is 0 Å². The van der Waals surface area contributed by atoms with Crippen molar-refractivity contribution in [3.8, 4) is 23.1 Å². The fourth-order valence-electron chi connectivity index (χ4n) is 4.13. The number of fused-ring (bicyclic) bond motifs is 1. The summed E-state index contributed by atoms with van der Waals surface area (Å²) in [6.07, 6.45) is 0.376. The van der Waals surface area contributed by atoms with Crippen LogP contribution in [-0.4, -0.2) is 66.8 Å². The molecule has 3 rings (SSSR count). The maximum absolute atomic E-state index is 13.5. The molecule has 0 unspecified atom stereocenters. The predicted octanol–water partition coefficient (Wildman–Crippen LogP) is 2.95. The lowest BCUT2D eigenvalue weighted by atomic mass is 9.95. The molecule has 8 nitrogen and oxygen atoms in total. The smallest absolute Gasteiger partial charge is 0.269 e. The number of benzene rings is 1. The van der Waals surface area contributed by atoms with Gasteiger partial charge in [0.15, 0.2) is 0 Å². The molecule has 200 valence electrons. The number of aliphatic hydroxyl groups excluding tert-OH is 1. The van der Waals surface area contributed by atoms with Crippen LogP contribution in [0.3, 0.4) is 0 Å². The molecule has 37 heavy (non-hydrogen) atoms. The van der Waals surface area contributed by atoms with Crippen LogP contribution in [0, 0.1) is 11.8 Å². The lowest BCUT2D eigenvalue weighted by molar-refractivity contribution is 0.0932. The average molecular weight is 528 g/mol.